The molecule has 2 aromatic carbocycles. The van der Waals surface area contributed by atoms with Crippen LogP contribution in [0.2, 0.25) is 0 Å². The van der Waals surface area contributed by atoms with Crippen LogP contribution in [0.25, 0.3) is 11.0 Å². The average molecular weight is 374 g/mol. The Bertz CT molecular complexity index is 1040. The monoisotopic (exact) mass is 374 g/mol. The Labute approximate surface area is 164 Å². The summed E-state index contributed by atoms with van der Waals surface area (Å²) in [6, 6.07) is 20.9. The fourth-order valence-corrected chi connectivity index (χ4v) is 3.42. The number of rotatable bonds is 7. The molecule has 0 fully saturated rings. The van der Waals surface area contributed by atoms with Crippen molar-refractivity contribution in [1.29, 1.82) is 0 Å². The fourth-order valence-electron chi connectivity index (χ4n) is 3.42. The van der Waals surface area contributed by atoms with Crippen LogP contribution in [-0.2, 0) is 26.6 Å². The molecule has 4 rings (SSSR count). The summed E-state index contributed by atoms with van der Waals surface area (Å²) in [5.74, 6) is 0.809. The van der Waals surface area contributed by atoms with Gasteiger partial charge in [-0.15, -0.1) is 0 Å². The quantitative estimate of drug-likeness (QED) is 0.482. The molecular weight excluding hydrogens is 351 g/mol. The number of hydrogen-bond acceptors (Lipinski definition) is 3. The molecule has 0 radical (unpaired) electrons. The van der Waals surface area contributed by atoms with E-state index in [2.05, 4.69) is 27.6 Å². The number of hydrogen-bond donors (Lipinski definition) is 0. The van der Waals surface area contributed by atoms with E-state index < -0.39 is 0 Å². The van der Waals surface area contributed by atoms with Crippen LogP contribution in [0.5, 0.6) is 0 Å². The largest absolute Gasteiger partial charge is 0.330 e. The molecule has 0 aliphatic carbocycles. The number of imidazole rings is 1. The predicted molar refractivity (Wildman–Crippen MR) is 109 cm³/mol. The van der Waals surface area contributed by atoms with Gasteiger partial charge in [-0.25, -0.2) is 9.37 Å². The van der Waals surface area contributed by atoms with Gasteiger partial charge in [0.05, 0.1) is 17.6 Å². The number of pyridine rings is 1. The zero-order valence-electron chi connectivity index (χ0n) is 15.9. The molecule has 0 bridgehead atoms. The van der Waals surface area contributed by atoms with E-state index in [-0.39, 0.29) is 5.82 Å². The lowest BCUT2D eigenvalue weighted by Crippen LogP contribution is -2.27. The zero-order chi connectivity index (χ0) is 19.3. The van der Waals surface area contributed by atoms with Crippen molar-refractivity contribution < 1.29 is 4.39 Å². The first-order valence-corrected chi connectivity index (χ1v) is 9.46. The molecule has 2 heterocycles. The standard InChI is InChI=1S/C23H23FN4/c1-27-22-8-3-2-7-21(22)26-23(27)17-28(15-13-20-6-4-5-14-25-20)16-18-9-11-19(24)12-10-18/h2-12,14H,13,15-17H2,1H3. The number of fused-ring (bicyclic) bond motifs is 1. The van der Waals surface area contributed by atoms with Gasteiger partial charge < -0.3 is 4.57 Å². The zero-order valence-corrected chi connectivity index (χ0v) is 15.9. The van der Waals surface area contributed by atoms with Crippen LogP contribution in [0.1, 0.15) is 17.1 Å². The van der Waals surface area contributed by atoms with E-state index in [1.807, 2.05) is 54.7 Å². The van der Waals surface area contributed by atoms with Crippen LogP contribution in [-0.4, -0.2) is 26.0 Å². The SMILES string of the molecule is Cn1c(CN(CCc2ccccn2)Cc2ccc(F)cc2)nc2ccccc21. The topological polar surface area (TPSA) is 34.0 Å². The molecule has 0 aliphatic rings. The van der Waals surface area contributed by atoms with Crippen LogP contribution in [0, 0.1) is 5.82 Å². The van der Waals surface area contributed by atoms with Crippen LogP contribution >= 0.6 is 0 Å². The van der Waals surface area contributed by atoms with E-state index in [0.717, 1.165) is 54.2 Å². The molecule has 4 aromatic rings. The maximum atomic E-state index is 13.3. The lowest BCUT2D eigenvalue weighted by atomic mass is 10.2. The molecule has 0 N–H and O–H groups in total. The maximum absolute atomic E-state index is 13.3. The van der Waals surface area contributed by atoms with Gasteiger partial charge in [0.2, 0.25) is 0 Å². The van der Waals surface area contributed by atoms with Crippen molar-refractivity contribution in [2.45, 2.75) is 19.5 Å². The van der Waals surface area contributed by atoms with E-state index in [1.54, 1.807) is 0 Å². The summed E-state index contributed by atoms with van der Waals surface area (Å²) in [4.78, 5) is 11.6. The van der Waals surface area contributed by atoms with E-state index in [1.165, 1.54) is 12.1 Å². The number of aromatic nitrogens is 3. The van der Waals surface area contributed by atoms with Crippen molar-refractivity contribution >= 4 is 11.0 Å². The number of benzene rings is 2. The van der Waals surface area contributed by atoms with Crippen molar-refractivity contribution in [3.05, 3.63) is 95.8 Å². The molecule has 0 saturated heterocycles. The molecule has 0 spiro atoms. The Balaban J connectivity index is 1.55. The Morgan fingerprint density at radius 1 is 0.929 bits per heavy atom. The fraction of sp³-hybridized carbons (Fsp3) is 0.217. The summed E-state index contributed by atoms with van der Waals surface area (Å²) in [6.07, 6.45) is 2.68. The first kappa shape index (κ1) is 18.3. The molecule has 4 nitrogen and oxygen atoms in total. The third kappa shape index (κ3) is 4.26. The Morgan fingerprint density at radius 2 is 1.71 bits per heavy atom. The minimum atomic E-state index is -0.209. The first-order chi connectivity index (χ1) is 13.7. The van der Waals surface area contributed by atoms with Gasteiger partial charge in [-0.05, 0) is 42.0 Å². The summed E-state index contributed by atoms with van der Waals surface area (Å²) in [7, 11) is 2.06. The highest BCUT2D eigenvalue weighted by molar-refractivity contribution is 5.75. The van der Waals surface area contributed by atoms with Gasteiger partial charge in [0.1, 0.15) is 11.6 Å². The summed E-state index contributed by atoms with van der Waals surface area (Å²) < 4.78 is 15.4. The Kier molecular flexibility index (Phi) is 5.44. The van der Waals surface area contributed by atoms with Gasteiger partial charge in [-0.1, -0.05) is 30.3 Å². The first-order valence-electron chi connectivity index (χ1n) is 9.46. The number of nitrogens with zero attached hydrogens (tertiary/aromatic N) is 4. The molecular formula is C23H23FN4. The Hall–Kier alpha value is -3.05. The minimum Gasteiger partial charge on any atom is -0.330 e. The molecule has 0 unspecified atom stereocenters. The second kappa shape index (κ2) is 8.31. The maximum Gasteiger partial charge on any atom is 0.123 e. The highest BCUT2D eigenvalue weighted by Gasteiger charge is 2.13. The van der Waals surface area contributed by atoms with Gasteiger partial charge in [0.25, 0.3) is 0 Å². The number of para-hydroxylation sites is 2. The second-order valence-corrected chi connectivity index (χ2v) is 6.98. The molecule has 142 valence electrons. The summed E-state index contributed by atoms with van der Waals surface area (Å²) >= 11 is 0. The number of halogens is 1. The summed E-state index contributed by atoms with van der Waals surface area (Å²) in [6.45, 7) is 2.29. The van der Waals surface area contributed by atoms with Crippen LogP contribution in [0.4, 0.5) is 4.39 Å². The molecule has 0 saturated carbocycles. The Morgan fingerprint density at radius 3 is 2.46 bits per heavy atom. The molecule has 2 aromatic heterocycles. The summed E-state index contributed by atoms with van der Waals surface area (Å²) in [5, 5.41) is 0. The highest BCUT2D eigenvalue weighted by atomic mass is 19.1. The predicted octanol–water partition coefficient (Wildman–Crippen LogP) is 4.35. The summed E-state index contributed by atoms with van der Waals surface area (Å²) in [5.41, 5.74) is 4.29. The molecule has 5 heteroatoms. The lowest BCUT2D eigenvalue weighted by Gasteiger charge is -2.22. The van der Waals surface area contributed by atoms with Crippen molar-refractivity contribution in [3.63, 3.8) is 0 Å². The smallest absolute Gasteiger partial charge is 0.123 e. The van der Waals surface area contributed by atoms with E-state index in [4.69, 9.17) is 4.98 Å². The molecule has 0 atom stereocenters. The van der Waals surface area contributed by atoms with E-state index in [9.17, 15) is 4.39 Å². The van der Waals surface area contributed by atoms with E-state index >= 15 is 0 Å². The number of aryl methyl sites for hydroxylation is 1. The van der Waals surface area contributed by atoms with Crippen LogP contribution < -0.4 is 0 Å². The van der Waals surface area contributed by atoms with Crippen molar-refractivity contribution in [2.75, 3.05) is 6.54 Å². The average Bonchev–Trinajstić information content (AvgIpc) is 3.04. The van der Waals surface area contributed by atoms with Crippen molar-refractivity contribution in [1.82, 2.24) is 19.4 Å². The van der Waals surface area contributed by atoms with Crippen LogP contribution in [0.3, 0.4) is 0 Å². The van der Waals surface area contributed by atoms with Crippen LogP contribution in [0.15, 0.2) is 72.9 Å². The van der Waals surface area contributed by atoms with Gasteiger partial charge in [0, 0.05) is 38.4 Å². The van der Waals surface area contributed by atoms with Gasteiger partial charge in [-0.2, -0.15) is 0 Å². The van der Waals surface area contributed by atoms with Crippen molar-refractivity contribution in [3.8, 4) is 0 Å². The van der Waals surface area contributed by atoms with Gasteiger partial charge >= 0.3 is 0 Å². The van der Waals surface area contributed by atoms with Gasteiger partial charge in [-0.3, -0.25) is 9.88 Å². The van der Waals surface area contributed by atoms with E-state index in [0.29, 0.717) is 0 Å². The van der Waals surface area contributed by atoms with Crippen molar-refractivity contribution in [2.24, 2.45) is 7.05 Å². The minimum absolute atomic E-state index is 0.209. The third-order valence-electron chi connectivity index (χ3n) is 4.97. The second-order valence-electron chi connectivity index (χ2n) is 6.98. The van der Waals surface area contributed by atoms with Gasteiger partial charge in [0.15, 0.2) is 0 Å². The highest BCUT2D eigenvalue weighted by Crippen LogP contribution is 2.17. The normalized spacial score (nSPS) is 11.4. The lowest BCUT2D eigenvalue weighted by molar-refractivity contribution is 0.250. The molecule has 0 amide bonds. The molecule has 0 aliphatic heterocycles. The third-order valence-corrected chi connectivity index (χ3v) is 4.97. The molecule has 28 heavy (non-hydrogen) atoms.